The zero-order chi connectivity index (χ0) is 20.1. The molecule has 4 nitrogen and oxygen atoms in total. The van der Waals surface area contributed by atoms with Crippen LogP contribution in [0.3, 0.4) is 0 Å². The molecule has 0 saturated heterocycles. The van der Waals surface area contributed by atoms with Gasteiger partial charge in [-0.25, -0.2) is 4.98 Å². The van der Waals surface area contributed by atoms with E-state index in [1.165, 1.54) is 11.3 Å². The van der Waals surface area contributed by atoms with Gasteiger partial charge in [-0.1, -0.05) is 49.7 Å². The summed E-state index contributed by atoms with van der Waals surface area (Å²) in [6.45, 7) is 4.15. The first-order valence-corrected chi connectivity index (χ1v) is 10.2. The Morgan fingerprint density at radius 3 is 2.54 bits per heavy atom. The third-order valence-electron chi connectivity index (χ3n) is 4.40. The van der Waals surface area contributed by atoms with Gasteiger partial charge >= 0.3 is 5.97 Å². The van der Waals surface area contributed by atoms with Crippen LogP contribution in [-0.2, 0) is 16.1 Å². The lowest BCUT2D eigenvalue weighted by molar-refractivity contribution is -0.148. The molecule has 0 aliphatic rings. The summed E-state index contributed by atoms with van der Waals surface area (Å²) >= 11 is 7.46. The predicted molar refractivity (Wildman–Crippen MR) is 113 cm³/mol. The van der Waals surface area contributed by atoms with Gasteiger partial charge in [0, 0.05) is 10.4 Å². The fraction of sp³-hybridized carbons (Fsp3) is 0.273. The zero-order valence-electron chi connectivity index (χ0n) is 16.0. The van der Waals surface area contributed by atoms with Gasteiger partial charge in [0.2, 0.25) is 0 Å². The second-order valence-electron chi connectivity index (χ2n) is 6.73. The number of thiazole rings is 1. The fourth-order valence-corrected chi connectivity index (χ4v) is 3.98. The van der Waals surface area contributed by atoms with Gasteiger partial charge in [0.15, 0.2) is 0 Å². The quantitative estimate of drug-likeness (QED) is 0.447. The second kappa shape index (κ2) is 9.22. The Hall–Kier alpha value is -2.37. The van der Waals surface area contributed by atoms with E-state index in [9.17, 15) is 4.79 Å². The number of aromatic nitrogens is 1. The minimum absolute atomic E-state index is 0.105. The normalized spacial score (nSPS) is 12.0. The molecule has 2 aromatic carbocycles. The highest BCUT2D eigenvalue weighted by Crippen LogP contribution is 2.32. The van der Waals surface area contributed by atoms with Gasteiger partial charge in [-0.05, 0) is 35.7 Å². The Morgan fingerprint density at radius 2 is 1.86 bits per heavy atom. The second-order valence-corrected chi connectivity index (χ2v) is 8.02. The zero-order valence-corrected chi connectivity index (χ0v) is 17.6. The molecule has 0 spiro atoms. The molecule has 0 fully saturated rings. The van der Waals surface area contributed by atoms with Crippen molar-refractivity contribution in [1.82, 2.24) is 4.98 Å². The minimum atomic E-state index is -0.343. The number of rotatable bonds is 7. The largest absolute Gasteiger partial charge is 0.496 e. The van der Waals surface area contributed by atoms with Crippen LogP contribution >= 0.6 is 22.9 Å². The number of carbonyl (C=O) groups excluding carboxylic acids is 1. The molecule has 3 aromatic rings. The van der Waals surface area contributed by atoms with Crippen LogP contribution in [0, 0.1) is 5.92 Å². The number of carbonyl (C=O) groups is 1. The number of hydrogen-bond donors (Lipinski definition) is 0. The molecule has 6 heteroatoms. The van der Waals surface area contributed by atoms with E-state index in [1.807, 2.05) is 55.6 Å². The van der Waals surface area contributed by atoms with Gasteiger partial charge in [-0.3, -0.25) is 4.79 Å². The Bertz CT molecular complexity index is 937. The van der Waals surface area contributed by atoms with Crippen molar-refractivity contribution < 1.29 is 14.3 Å². The molecule has 0 N–H and O–H groups in total. The Morgan fingerprint density at radius 1 is 1.14 bits per heavy atom. The maximum Gasteiger partial charge on any atom is 0.314 e. The highest BCUT2D eigenvalue weighted by molar-refractivity contribution is 7.13. The molecule has 0 bridgehead atoms. The van der Waals surface area contributed by atoms with Gasteiger partial charge in [-0.2, -0.15) is 0 Å². The molecular formula is C22H22ClNO3S. The lowest BCUT2D eigenvalue weighted by atomic mass is 9.88. The first-order chi connectivity index (χ1) is 13.5. The van der Waals surface area contributed by atoms with Crippen molar-refractivity contribution in [2.45, 2.75) is 26.4 Å². The average Bonchev–Trinajstić information content (AvgIpc) is 3.16. The lowest BCUT2D eigenvalue weighted by Crippen LogP contribution is -2.20. The van der Waals surface area contributed by atoms with Crippen molar-refractivity contribution in [3.8, 4) is 16.3 Å². The molecule has 1 atom stereocenters. The number of esters is 1. The number of ether oxygens (including phenoxy) is 2. The minimum Gasteiger partial charge on any atom is -0.496 e. The highest BCUT2D eigenvalue weighted by atomic mass is 35.5. The average molecular weight is 416 g/mol. The molecule has 0 amide bonds. The first kappa shape index (κ1) is 20.4. The van der Waals surface area contributed by atoms with Crippen LogP contribution in [0.4, 0.5) is 0 Å². The first-order valence-electron chi connectivity index (χ1n) is 8.99. The van der Waals surface area contributed by atoms with Crippen molar-refractivity contribution in [2.24, 2.45) is 5.92 Å². The van der Waals surface area contributed by atoms with Crippen LogP contribution in [0.2, 0.25) is 5.02 Å². The van der Waals surface area contributed by atoms with E-state index in [1.54, 1.807) is 19.2 Å². The summed E-state index contributed by atoms with van der Waals surface area (Å²) in [5, 5.41) is 3.38. The van der Waals surface area contributed by atoms with Gasteiger partial charge < -0.3 is 9.47 Å². The van der Waals surface area contributed by atoms with E-state index < -0.39 is 0 Å². The van der Waals surface area contributed by atoms with Crippen LogP contribution < -0.4 is 4.74 Å². The van der Waals surface area contributed by atoms with Crippen molar-refractivity contribution in [3.63, 3.8) is 0 Å². The fourth-order valence-electron chi connectivity index (χ4n) is 3.02. The monoisotopic (exact) mass is 415 g/mol. The van der Waals surface area contributed by atoms with E-state index in [-0.39, 0.29) is 24.4 Å². The Labute approximate surface area is 174 Å². The Kier molecular flexibility index (Phi) is 6.70. The Balaban J connectivity index is 1.70. The summed E-state index contributed by atoms with van der Waals surface area (Å²) in [7, 11) is 1.64. The van der Waals surface area contributed by atoms with E-state index >= 15 is 0 Å². The third-order valence-corrected chi connectivity index (χ3v) is 5.58. The summed E-state index contributed by atoms with van der Waals surface area (Å²) in [5.41, 5.74) is 2.55. The molecule has 1 aromatic heterocycles. The highest BCUT2D eigenvalue weighted by Gasteiger charge is 2.26. The molecular weight excluding hydrogens is 394 g/mol. The molecule has 1 heterocycles. The number of hydrogen-bond acceptors (Lipinski definition) is 5. The number of para-hydroxylation sites is 1. The third kappa shape index (κ3) is 4.72. The summed E-state index contributed by atoms with van der Waals surface area (Å²) in [4.78, 5) is 17.3. The van der Waals surface area contributed by atoms with Gasteiger partial charge in [-0.15, -0.1) is 11.3 Å². The van der Waals surface area contributed by atoms with E-state index in [2.05, 4.69) is 4.98 Å². The van der Waals surface area contributed by atoms with Crippen molar-refractivity contribution in [3.05, 3.63) is 70.2 Å². The van der Waals surface area contributed by atoms with E-state index in [4.69, 9.17) is 21.1 Å². The molecule has 28 heavy (non-hydrogen) atoms. The topological polar surface area (TPSA) is 48.4 Å². The maximum atomic E-state index is 12.7. The van der Waals surface area contributed by atoms with Gasteiger partial charge in [0.25, 0.3) is 0 Å². The SMILES string of the molecule is COc1ccccc1-c1nc(COC(=O)C(c2ccc(Cl)cc2)C(C)C)cs1. The van der Waals surface area contributed by atoms with Crippen LogP contribution in [0.15, 0.2) is 53.9 Å². The predicted octanol–water partition coefficient (Wildman–Crippen LogP) is 5.96. The number of halogens is 1. The summed E-state index contributed by atoms with van der Waals surface area (Å²) in [6, 6.07) is 15.0. The van der Waals surface area contributed by atoms with Gasteiger partial charge in [0.1, 0.15) is 17.4 Å². The summed E-state index contributed by atoms with van der Waals surface area (Å²) < 4.78 is 11.0. The lowest BCUT2D eigenvalue weighted by Gasteiger charge is -2.19. The van der Waals surface area contributed by atoms with Crippen LogP contribution in [0.25, 0.3) is 10.6 Å². The van der Waals surface area contributed by atoms with Crippen molar-refractivity contribution in [1.29, 1.82) is 0 Å². The van der Waals surface area contributed by atoms with E-state index in [0.29, 0.717) is 5.02 Å². The van der Waals surface area contributed by atoms with Crippen LogP contribution in [0.5, 0.6) is 5.75 Å². The summed E-state index contributed by atoms with van der Waals surface area (Å²) in [6.07, 6.45) is 0. The molecule has 0 saturated carbocycles. The van der Waals surface area contributed by atoms with Crippen molar-refractivity contribution in [2.75, 3.05) is 7.11 Å². The molecule has 0 aliphatic heterocycles. The molecule has 0 aliphatic carbocycles. The molecule has 1 unspecified atom stereocenters. The molecule has 3 rings (SSSR count). The molecule has 146 valence electrons. The number of methoxy groups -OCH3 is 1. The molecule has 0 radical (unpaired) electrons. The van der Waals surface area contributed by atoms with Crippen LogP contribution in [0.1, 0.15) is 31.0 Å². The van der Waals surface area contributed by atoms with Gasteiger partial charge in [0.05, 0.1) is 24.3 Å². The summed E-state index contributed by atoms with van der Waals surface area (Å²) in [5.74, 6) is 0.269. The van der Waals surface area contributed by atoms with Crippen LogP contribution in [-0.4, -0.2) is 18.1 Å². The van der Waals surface area contributed by atoms with Crippen molar-refractivity contribution >= 4 is 28.9 Å². The number of benzene rings is 2. The van der Waals surface area contributed by atoms with E-state index in [0.717, 1.165) is 27.6 Å². The smallest absolute Gasteiger partial charge is 0.314 e. The number of nitrogens with zero attached hydrogens (tertiary/aromatic N) is 1. The maximum absolute atomic E-state index is 12.7. The standard InChI is InChI=1S/C22H22ClNO3S/c1-14(2)20(15-8-10-16(23)11-9-15)22(25)27-12-17-13-28-21(24-17)18-6-4-5-7-19(18)26-3/h4-11,13-14,20H,12H2,1-3H3.